The third kappa shape index (κ3) is 9.87. The highest BCUT2D eigenvalue weighted by Crippen LogP contribution is 2.37. The van der Waals surface area contributed by atoms with E-state index < -0.39 is 0 Å². The van der Waals surface area contributed by atoms with Crippen LogP contribution in [0.4, 0.5) is 4.39 Å². The smallest absolute Gasteiger partial charge is 0.126 e. The summed E-state index contributed by atoms with van der Waals surface area (Å²) in [6, 6.07) is 6.02. The Bertz CT molecular complexity index is 709. The lowest BCUT2D eigenvalue weighted by Crippen LogP contribution is -2.16. The second kappa shape index (κ2) is 15.8. The van der Waals surface area contributed by atoms with Crippen molar-refractivity contribution in [2.45, 2.75) is 142 Å². The van der Waals surface area contributed by atoms with Crippen LogP contribution in [0.5, 0.6) is 0 Å². The molecule has 0 N–H and O–H groups in total. The van der Waals surface area contributed by atoms with Crippen molar-refractivity contribution < 1.29 is 4.39 Å². The van der Waals surface area contributed by atoms with E-state index in [0.717, 1.165) is 49.0 Å². The summed E-state index contributed by atoms with van der Waals surface area (Å²) in [4.78, 5) is 0. The van der Waals surface area contributed by atoms with E-state index in [1.165, 1.54) is 108 Å². The van der Waals surface area contributed by atoms with Gasteiger partial charge in [-0.1, -0.05) is 115 Å². The van der Waals surface area contributed by atoms with Gasteiger partial charge in [0.1, 0.15) is 5.82 Å². The van der Waals surface area contributed by atoms with Gasteiger partial charge in [-0.2, -0.15) is 0 Å². The van der Waals surface area contributed by atoms with Crippen molar-refractivity contribution in [3.8, 4) is 0 Å². The Balaban J connectivity index is 1.30. The fraction of sp³-hybridized carbons (Fsp3) is 0.758. The standard InChI is InChI=1S/C33H53F/c1-3-5-7-9-11-32-25-24-31(26-33(32)34)23-22-30-20-18-29(19-21-30)17-16-28-14-12-27(13-15-28)10-8-6-4-2/h20,24-29H,3-19,21-23H2,1-2H3. The minimum absolute atomic E-state index is 0.0154. The number of benzene rings is 1. The van der Waals surface area contributed by atoms with Gasteiger partial charge in [0.05, 0.1) is 0 Å². The second-order valence-electron chi connectivity index (χ2n) is 11.7. The summed E-state index contributed by atoms with van der Waals surface area (Å²) < 4.78 is 14.5. The van der Waals surface area contributed by atoms with E-state index >= 15 is 0 Å². The highest BCUT2D eigenvalue weighted by molar-refractivity contribution is 5.25. The Morgan fingerprint density at radius 3 is 2.09 bits per heavy atom. The lowest BCUT2D eigenvalue weighted by Gasteiger charge is -2.30. The van der Waals surface area contributed by atoms with Crippen LogP contribution in [0.25, 0.3) is 0 Å². The number of aryl methyl sites for hydroxylation is 2. The summed E-state index contributed by atoms with van der Waals surface area (Å²) in [7, 11) is 0. The maximum absolute atomic E-state index is 14.5. The maximum Gasteiger partial charge on any atom is 0.126 e. The van der Waals surface area contributed by atoms with E-state index in [2.05, 4.69) is 26.0 Å². The summed E-state index contributed by atoms with van der Waals surface area (Å²) >= 11 is 0. The van der Waals surface area contributed by atoms with Crippen molar-refractivity contribution in [2.24, 2.45) is 17.8 Å². The lowest BCUT2D eigenvalue weighted by molar-refractivity contribution is 0.234. The van der Waals surface area contributed by atoms with Crippen LogP contribution in [0.2, 0.25) is 0 Å². The van der Waals surface area contributed by atoms with Gasteiger partial charge >= 0.3 is 0 Å². The molecule has 0 saturated heterocycles. The van der Waals surface area contributed by atoms with Crippen molar-refractivity contribution in [2.75, 3.05) is 0 Å². The quantitative estimate of drug-likeness (QED) is 0.177. The summed E-state index contributed by atoms with van der Waals surface area (Å²) in [6.07, 6.45) is 28.9. The molecule has 2 aliphatic rings. The van der Waals surface area contributed by atoms with Crippen LogP contribution in [-0.2, 0) is 12.8 Å². The van der Waals surface area contributed by atoms with Gasteiger partial charge in [0, 0.05) is 0 Å². The molecule has 0 aliphatic heterocycles. The molecule has 1 saturated carbocycles. The SMILES string of the molecule is CCCCCCc1ccc(CCC2=CCC(CCC3CCC(CCCCC)CC3)CC2)cc1F. The van der Waals surface area contributed by atoms with Crippen LogP contribution >= 0.6 is 0 Å². The number of allylic oxidation sites excluding steroid dienone is 2. The molecule has 1 fully saturated rings. The fourth-order valence-corrected chi connectivity index (χ4v) is 6.39. The molecule has 192 valence electrons. The first-order valence-corrected chi connectivity index (χ1v) is 15.1. The van der Waals surface area contributed by atoms with Crippen molar-refractivity contribution >= 4 is 0 Å². The van der Waals surface area contributed by atoms with Gasteiger partial charge < -0.3 is 0 Å². The summed E-state index contributed by atoms with van der Waals surface area (Å²) in [5.41, 5.74) is 3.69. The highest BCUT2D eigenvalue weighted by atomic mass is 19.1. The largest absolute Gasteiger partial charge is 0.207 e. The number of halogens is 1. The molecule has 0 heterocycles. The Morgan fingerprint density at radius 2 is 1.41 bits per heavy atom. The highest BCUT2D eigenvalue weighted by Gasteiger charge is 2.22. The van der Waals surface area contributed by atoms with Crippen LogP contribution in [-0.4, -0.2) is 0 Å². The normalized spacial score (nSPS) is 23.1. The Labute approximate surface area is 211 Å². The van der Waals surface area contributed by atoms with Crippen molar-refractivity contribution in [3.63, 3.8) is 0 Å². The van der Waals surface area contributed by atoms with Gasteiger partial charge in [0.15, 0.2) is 0 Å². The first-order chi connectivity index (χ1) is 16.7. The van der Waals surface area contributed by atoms with Gasteiger partial charge in [0.2, 0.25) is 0 Å². The van der Waals surface area contributed by atoms with Crippen LogP contribution in [0.1, 0.15) is 141 Å². The van der Waals surface area contributed by atoms with E-state index in [-0.39, 0.29) is 5.82 Å². The van der Waals surface area contributed by atoms with Crippen molar-refractivity contribution in [1.29, 1.82) is 0 Å². The van der Waals surface area contributed by atoms with E-state index in [1.807, 2.05) is 6.07 Å². The molecule has 1 aromatic rings. The molecule has 0 aromatic heterocycles. The molecule has 0 amide bonds. The van der Waals surface area contributed by atoms with E-state index in [9.17, 15) is 4.39 Å². The van der Waals surface area contributed by atoms with E-state index in [4.69, 9.17) is 0 Å². The second-order valence-corrected chi connectivity index (χ2v) is 11.7. The third-order valence-corrected chi connectivity index (χ3v) is 8.93. The van der Waals surface area contributed by atoms with Gasteiger partial charge in [-0.05, 0) is 86.3 Å². The monoisotopic (exact) mass is 468 g/mol. The summed E-state index contributed by atoms with van der Waals surface area (Å²) in [6.45, 7) is 4.54. The van der Waals surface area contributed by atoms with Crippen LogP contribution in [0.3, 0.4) is 0 Å². The molecular weight excluding hydrogens is 415 g/mol. The van der Waals surface area contributed by atoms with E-state index in [1.54, 1.807) is 11.6 Å². The first kappa shape index (κ1) is 27.5. The summed E-state index contributed by atoms with van der Waals surface area (Å²) in [5, 5.41) is 0. The van der Waals surface area contributed by atoms with Gasteiger partial charge in [-0.3, -0.25) is 0 Å². The lowest BCUT2D eigenvalue weighted by atomic mass is 9.76. The molecule has 0 nitrogen and oxygen atoms in total. The molecule has 1 aromatic carbocycles. The van der Waals surface area contributed by atoms with Gasteiger partial charge in [-0.15, -0.1) is 0 Å². The Morgan fingerprint density at radius 1 is 0.706 bits per heavy atom. The zero-order valence-corrected chi connectivity index (χ0v) is 22.6. The molecule has 34 heavy (non-hydrogen) atoms. The zero-order valence-electron chi connectivity index (χ0n) is 22.6. The minimum Gasteiger partial charge on any atom is -0.207 e. The Hall–Kier alpha value is -1.11. The number of rotatable bonds is 15. The molecule has 0 radical (unpaired) electrons. The number of hydrogen-bond acceptors (Lipinski definition) is 0. The molecule has 1 heteroatoms. The minimum atomic E-state index is 0.0154. The topological polar surface area (TPSA) is 0 Å². The molecule has 1 atom stereocenters. The van der Waals surface area contributed by atoms with Crippen molar-refractivity contribution in [3.05, 3.63) is 46.8 Å². The molecule has 0 bridgehead atoms. The predicted octanol–water partition coefficient (Wildman–Crippen LogP) is 10.8. The van der Waals surface area contributed by atoms with Gasteiger partial charge in [-0.25, -0.2) is 4.39 Å². The maximum atomic E-state index is 14.5. The summed E-state index contributed by atoms with van der Waals surface area (Å²) in [5.74, 6) is 2.98. The Kier molecular flexibility index (Phi) is 12.8. The zero-order chi connectivity index (χ0) is 24.0. The predicted molar refractivity (Wildman–Crippen MR) is 147 cm³/mol. The van der Waals surface area contributed by atoms with Crippen molar-refractivity contribution in [1.82, 2.24) is 0 Å². The van der Waals surface area contributed by atoms with Crippen LogP contribution < -0.4 is 0 Å². The van der Waals surface area contributed by atoms with E-state index in [0.29, 0.717) is 0 Å². The average Bonchev–Trinajstić information content (AvgIpc) is 2.86. The molecular formula is C33H53F. The molecule has 3 rings (SSSR count). The van der Waals surface area contributed by atoms with Crippen LogP contribution in [0.15, 0.2) is 29.8 Å². The molecule has 0 spiro atoms. The average molecular weight is 469 g/mol. The van der Waals surface area contributed by atoms with Crippen LogP contribution in [0, 0.1) is 23.6 Å². The first-order valence-electron chi connectivity index (χ1n) is 15.1. The molecule has 2 aliphatic carbocycles. The number of unbranched alkanes of at least 4 members (excludes halogenated alkanes) is 5. The molecule has 1 unspecified atom stereocenters. The number of hydrogen-bond donors (Lipinski definition) is 0. The third-order valence-electron chi connectivity index (χ3n) is 8.93. The van der Waals surface area contributed by atoms with Gasteiger partial charge in [0.25, 0.3) is 0 Å². The fourth-order valence-electron chi connectivity index (χ4n) is 6.39.